The van der Waals surface area contributed by atoms with Crippen LogP contribution in [0.4, 0.5) is 10.1 Å². The Kier molecular flexibility index (Phi) is 3.20. The summed E-state index contributed by atoms with van der Waals surface area (Å²) >= 11 is 5.74. The van der Waals surface area contributed by atoms with Gasteiger partial charge in [0.05, 0.1) is 6.54 Å². The Morgan fingerprint density at radius 3 is 2.83 bits per heavy atom. The molecule has 1 aromatic carbocycles. The van der Waals surface area contributed by atoms with Crippen molar-refractivity contribution in [3.05, 3.63) is 61.6 Å². The fraction of sp³-hybridized carbons (Fsp3) is 0.0909. The van der Waals surface area contributed by atoms with E-state index in [9.17, 15) is 14.0 Å². The molecule has 3 N–H and O–H groups in total. The monoisotopic (exact) mass is 269 g/mol. The molecule has 0 saturated heterocycles. The molecule has 1 heterocycles. The van der Waals surface area contributed by atoms with Crippen LogP contribution in [0.15, 0.2) is 34.0 Å². The van der Waals surface area contributed by atoms with Crippen molar-refractivity contribution in [2.45, 2.75) is 6.54 Å². The van der Waals surface area contributed by atoms with Gasteiger partial charge < -0.3 is 5.73 Å². The lowest BCUT2D eigenvalue weighted by molar-refractivity contribution is 0.593. The molecule has 0 spiro atoms. The number of hydrogen-bond donors (Lipinski definition) is 2. The van der Waals surface area contributed by atoms with E-state index in [4.69, 9.17) is 17.3 Å². The molecule has 0 fully saturated rings. The molecular weight excluding hydrogens is 261 g/mol. The van der Waals surface area contributed by atoms with Crippen LogP contribution in [0.2, 0.25) is 5.02 Å². The van der Waals surface area contributed by atoms with Crippen LogP contribution in [0.3, 0.4) is 0 Å². The quantitative estimate of drug-likeness (QED) is 0.852. The molecule has 0 radical (unpaired) electrons. The van der Waals surface area contributed by atoms with Crippen LogP contribution in [0.5, 0.6) is 0 Å². The van der Waals surface area contributed by atoms with Crippen molar-refractivity contribution in [3.8, 4) is 0 Å². The predicted molar refractivity (Wildman–Crippen MR) is 66.2 cm³/mol. The SMILES string of the molecule is Nc1cn(Cc2cc(Cl)ccc2F)c(=O)[nH]c1=O. The number of nitrogens with zero attached hydrogens (tertiary/aromatic N) is 1. The van der Waals surface area contributed by atoms with Gasteiger partial charge in [-0.2, -0.15) is 0 Å². The van der Waals surface area contributed by atoms with Gasteiger partial charge in [0.1, 0.15) is 11.5 Å². The fourth-order valence-electron chi connectivity index (χ4n) is 1.49. The number of hydrogen-bond acceptors (Lipinski definition) is 3. The maximum Gasteiger partial charge on any atom is 0.328 e. The second-order valence-electron chi connectivity index (χ2n) is 3.71. The molecule has 0 aliphatic carbocycles. The van der Waals surface area contributed by atoms with Crippen LogP contribution in [0.25, 0.3) is 0 Å². The molecule has 0 atom stereocenters. The number of anilines is 1. The first kappa shape index (κ1) is 12.4. The number of aromatic amines is 1. The van der Waals surface area contributed by atoms with Crippen LogP contribution >= 0.6 is 11.6 Å². The number of H-pyrrole nitrogens is 1. The first-order valence-electron chi connectivity index (χ1n) is 5.00. The van der Waals surface area contributed by atoms with Gasteiger partial charge >= 0.3 is 5.69 Å². The molecule has 5 nitrogen and oxygen atoms in total. The molecule has 7 heteroatoms. The van der Waals surface area contributed by atoms with E-state index in [1.54, 1.807) is 0 Å². The van der Waals surface area contributed by atoms with E-state index in [1.165, 1.54) is 24.4 Å². The van der Waals surface area contributed by atoms with Crippen molar-refractivity contribution >= 4 is 17.3 Å². The highest BCUT2D eigenvalue weighted by atomic mass is 35.5. The highest BCUT2D eigenvalue weighted by Gasteiger charge is 2.07. The molecule has 0 bridgehead atoms. The number of rotatable bonds is 2. The van der Waals surface area contributed by atoms with E-state index < -0.39 is 17.1 Å². The van der Waals surface area contributed by atoms with Gasteiger partial charge in [0, 0.05) is 16.8 Å². The average Bonchev–Trinajstić information content (AvgIpc) is 2.30. The summed E-state index contributed by atoms with van der Waals surface area (Å²) in [6, 6.07) is 4.02. The van der Waals surface area contributed by atoms with Gasteiger partial charge in [0.2, 0.25) is 0 Å². The second kappa shape index (κ2) is 4.66. The Morgan fingerprint density at radius 1 is 1.39 bits per heavy atom. The number of benzene rings is 1. The highest BCUT2D eigenvalue weighted by Crippen LogP contribution is 2.15. The van der Waals surface area contributed by atoms with Gasteiger partial charge in [0.25, 0.3) is 5.56 Å². The van der Waals surface area contributed by atoms with E-state index in [-0.39, 0.29) is 17.8 Å². The number of nitrogens with one attached hydrogen (secondary N) is 1. The number of halogens is 2. The third-order valence-electron chi connectivity index (χ3n) is 2.39. The smallest absolute Gasteiger partial charge is 0.328 e. The Hall–Kier alpha value is -2.08. The summed E-state index contributed by atoms with van der Waals surface area (Å²) in [6.07, 6.45) is 1.17. The molecule has 2 rings (SSSR count). The minimum atomic E-state index is -0.664. The van der Waals surface area contributed by atoms with Gasteiger partial charge in [-0.1, -0.05) is 11.6 Å². The Morgan fingerprint density at radius 2 is 2.11 bits per heavy atom. The van der Waals surface area contributed by atoms with Crippen LogP contribution in [-0.2, 0) is 6.54 Å². The zero-order chi connectivity index (χ0) is 13.3. The lowest BCUT2D eigenvalue weighted by atomic mass is 10.2. The van der Waals surface area contributed by atoms with Crippen molar-refractivity contribution < 1.29 is 4.39 Å². The van der Waals surface area contributed by atoms with E-state index in [2.05, 4.69) is 0 Å². The maximum absolute atomic E-state index is 13.5. The van der Waals surface area contributed by atoms with Gasteiger partial charge in [-0.25, -0.2) is 9.18 Å². The van der Waals surface area contributed by atoms with Crippen LogP contribution in [-0.4, -0.2) is 9.55 Å². The summed E-state index contributed by atoms with van der Waals surface area (Å²) in [5, 5.41) is 0.358. The summed E-state index contributed by atoms with van der Waals surface area (Å²) in [5.74, 6) is -0.490. The number of nitrogen functional groups attached to an aromatic ring is 1. The number of nitrogens with two attached hydrogens (primary N) is 1. The lowest BCUT2D eigenvalue weighted by Gasteiger charge is -2.07. The van der Waals surface area contributed by atoms with Gasteiger partial charge in [-0.3, -0.25) is 14.3 Å². The summed E-state index contributed by atoms with van der Waals surface area (Å²) in [5.41, 5.74) is 4.18. The normalized spacial score (nSPS) is 10.6. The first-order valence-corrected chi connectivity index (χ1v) is 5.38. The third kappa shape index (κ3) is 2.43. The molecule has 1 aromatic heterocycles. The molecule has 0 aliphatic heterocycles. The van der Waals surface area contributed by atoms with E-state index >= 15 is 0 Å². The molecule has 0 amide bonds. The standard InChI is InChI=1S/C11H9ClFN3O2/c12-7-1-2-8(13)6(3-7)4-16-5-9(14)10(17)15-11(16)18/h1-3,5H,4,14H2,(H,15,17,18). The average molecular weight is 270 g/mol. The Balaban J connectivity index is 2.46. The number of aromatic nitrogens is 2. The van der Waals surface area contributed by atoms with Crippen LogP contribution < -0.4 is 17.0 Å². The zero-order valence-electron chi connectivity index (χ0n) is 9.11. The Labute approximate surface area is 106 Å². The van der Waals surface area contributed by atoms with Gasteiger partial charge in [-0.05, 0) is 18.2 Å². The first-order chi connectivity index (χ1) is 8.47. The van der Waals surface area contributed by atoms with Crippen molar-refractivity contribution in [2.24, 2.45) is 0 Å². The molecule has 18 heavy (non-hydrogen) atoms. The van der Waals surface area contributed by atoms with Crippen molar-refractivity contribution in [1.82, 2.24) is 9.55 Å². The fourth-order valence-corrected chi connectivity index (χ4v) is 1.69. The maximum atomic E-state index is 13.5. The third-order valence-corrected chi connectivity index (χ3v) is 2.62. The molecule has 2 aromatic rings. The molecule has 0 aliphatic rings. The summed E-state index contributed by atoms with van der Waals surface area (Å²) in [6.45, 7) is -0.0633. The van der Waals surface area contributed by atoms with Crippen molar-refractivity contribution in [1.29, 1.82) is 0 Å². The summed E-state index contributed by atoms with van der Waals surface area (Å²) in [7, 11) is 0. The largest absolute Gasteiger partial charge is 0.393 e. The molecule has 0 unspecified atom stereocenters. The van der Waals surface area contributed by atoms with Gasteiger partial charge in [0.15, 0.2) is 0 Å². The van der Waals surface area contributed by atoms with Crippen molar-refractivity contribution in [3.63, 3.8) is 0 Å². The summed E-state index contributed by atoms with van der Waals surface area (Å²) < 4.78 is 14.6. The molecular formula is C11H9ClFN3O2. The summed E-state index contributed by atoms with van der Waals surface area (Å²) in [4.78, 5) is 24.6. The zero-order valence-corrected chi connectivity index (χ0v) is 9.87. The minimum Gasteiger partial charge on any atom is -0.393 e. The van der Waals surface area contributed by atoms with E-state index in [0.29, 0.717) is 5.02 Å². The van der Waals surface area contributed by atoms with E-state index in [1.807, 2.05) is 4.98 Å². The predicted octanol–water partition coefficient (Wildman–Crippen LogP) is 0.960. The lowest BCUT2D eigenvalue weighted by Crippen LogP contribution is -2.31. The Bertz CT molecular complexity index is 708. The molecule has 94 valence electrons. The van der Waals surface area contributed by atoms with Crippen LogP contribution in [0, 0.1) is 5.82 Å². The molecule has 0 saturated carbocycles. The van der Waals surface area contributed by atoms with Gasteiger partial charge in [-0.15, -0.1) is 0 Å². The minimum absolute atomic E-state index is 0.0633. The second-order valence-corrected chi connectivity index (χ2v) is 4.14. The van der Waals surface area contributed by atoms with Crippen LogP contribution in [0.1, 0.15) is 5.56 Å². The van der Waals surface area contributed by atoms with Crippen molar-refractivity contribution in [2.75, 3.05) is 5.73 Å². The highest BCUT2D eigenvalue weighted by molar-refractivity contribution is 6.30. The van der Waals surface area contributed by atoms with E-state index in [0.717, 1.165) is 4.57 Å². The topological polar surface area (TPSA) is 80.9 Å².